The Bertz CT molecular complexity index is 3410. The molecular formula is C63H60N4O. The number of aromatic nitrogens is 4. The average molecular weight is 889 g/mol. The van der Waals surface area contributed by atoms with Gasteiger partial charge in [-0.15, -0.1) is 0 Å². The van der Waals surface area contributed by atoms with E-state index in [4.69, 9.17) is 9.72 Å². The first-order valence-corrected chi connectivity index (χ1v) is 24.0. The van der Waals surface area contributed by atoms with Crippen molar-refractivity contribution in [2.45, 2.75) is 85.0 Å². The van der Waals surface area contributed by atoms with Crippen LogP contribution in [0.1, 0.15) is 102 Å². The Morgan fingerprint density at radius 1 is 0.544 bits per heavy atom. The minimum Gasteiger partial charge on any atom is -0.458 e. The lowest BCUT2D eigenvalue weighted by atomic mass is 9.78. The summed E-state index contributed by atoms with van der Waals surface area (Å²) in [4.78, 5) is 5.01. The molecule has 0 aliphatic heterocycles. The molecule has 5 heteroatoms. The predicted molar refractivity (Wildman–Crippen MR) is 281 cm³/mol. The minimum absolute atomic E-state index is 0.0221. The van der Waals surface area contributed by atoms with Crippen LogP contribution in [0.3, 0.4) is 0 Å². The van der Waals surface area contributed by atoms with E-state index < -0.39 is 0 Å². The Morgan fingerprint density at radius 3 is 1.93 bits per heavy atom. The van der Waals surface area contributed by atoms with E-state index in [1.165, 1.54) is 33.4 Å². The zero-order valence-electron chi connectivity index (χ0n) is 40.7. The topological polar surface area (TPSA) is 35.9 Å². The first-order chi connectivity index (χ1) is 32.7. The Kier molecular flexibility index (Phi) is 11.5. The van der Waals surface area contributed by atoms with Gasteiger partial charge in [0.25, 0.3) is 6.33 Å². The van der Waals surface area contributed by atoms with Crippen LogP contribution in [-0.2, 0) is 10.8 Å². The lowest BCUT2D eigenvalue weighted by molar-refractivity contribution is -0.588. The maximum absolute atomic E-state index is 7.03. The van der Waals surface area contributed by atoms with E-state index in [1.807, 2.05) is 6.20 Å². The molecule has 3 heterocycles. The van der Waals surface area contributed by atoms with Crippen LogP contribution in [-0.4, -0.2) is 14.1 Å². The predicted octanol–water partition coefficient (Wildman–Crippen LogP) is 16.0. The molecule has 0 N–H and O–H groups in total. The fourth-order valence-electron chi connectivity index (χ4n) is 9.76. The van der Waals surface area contributed by atoms with Crippen molar-refractivity contribution in [2.75, 3.05) is 0 Å². The third kappa shape index (κ3) is 8.32. The van der Waals surface area contributed by atoms with Crippen molar-refractivity contribution in [1.82, 2.24) is 14.1 Å². The van der Waals surface area contributed by atoms with E-state index in [-0.39, 0.29) is 10.8 Å². The van der Waals surface area contributed by atoms with Gasteiger partial charge in [0.1, 0.15) is 17.3 Å². The second kappa shape index (κ2) is 17.6. The molecule has 0 saturated heterocycles. The van der Waals surface area contributed by atoms with Gasteiger partial charge in [-0.3, -0.25) is 13.7 Å². The summed E-state index contributed by atoms with van der Waals surface area (Å²) in [6.07, 6.45) is 8.05. The molecule has 0 spiro atoms. The molecule has 0 saturated carbocycles. The number of fused-ring (bicyclic) bond motifs is 3. The number of pyridine rings is 1. The van der Waals surface area contributed by atoms with Crippen molar-refractivity contribution in [2.24, 2.45) is 0 Å². The van der Waals surface area contributed by atoms with Crippen molar-refractivity contribution in [3.63, 3.8) is 0 Å². The van der Waals surface area contributed by atoms with E-state index in [2.05, 4.69) is 264 Å². The highest BCUT2D eigenvalue weighted by atomic mass is 16.5. The van der Waals surface area contributed by atoms with E-state index in [0.717, 1.165) is 67.3 Å². The lowest BCUT2D eigenvalue weighted by Gasteiger charge is -2.26. The number of hydrogen-bond acceptors (Lipinski definition) is 2. The van der Waals surface area contributed by atoms with E-state index in [0.29, 0.717) is 11.8 Å². The van der Waals surface area contributed by atoms with Gasteiger partial charge in [0.2, 0.25) is 0 Å². The van der Waals surface area contributed by atoms with Gasteiger partial charge in [-0.05, 0) is 122 Å². The van der Waals surface area contributed by atoms with Gasteiger partial charge in [0, 0.05) is 34.6 Å². The number of rotatable bonds is 11. The maximum atomic E-state index is 7.03. The summed E-state index contributed by atoms with van der Waals surface area (Å²) in [5.41, 5.74) is 14.7. The van der Waals surface area contributed by atoms with Gasteiger partial charge in [-0.2, -0.15) is 0 Å². The molecule has 0 aliphatic rings. The first-order valence-electron chi connectivity index (χ1n) is 24.0. The summed E-state index contributed by atoms with van der Waals surface area (Å²) in [5.74, 6) is 2.96. The fourth-order valence-corrected chi connectivity index (χ4v) is 9.76. The Hall–Kier alpha value is -7.50. The Labute approximate surface area is 402 Å². The number of hydrogen-bond donors (Lipinski definition) is 0. The highest BCUT2D eigenvalue weighted by Gasteiger charge is 2.26. The van der Waals surface area contributed by atoms with Crippen LogP contribution in [0.2, 0.25) is 0 Å². The van der Waals surface area contributed by atoms with E-state index in [9.17, 15) is 0 Å². The van der Waals surface area contributed by atoms with Crippen molar-refractivity contribution in [3.05, 3.63) is 222 Å². The SMILES string of the molecule is CC(C)c1cccc(C(C)C)c1-c1cn(-c2cc(Oc3ccc4c5ccccc5n(-c5cc(C(C)(C)c6ccccc6)ccn5)c4c3)cc(-c3ccccc3)c2)[c-][n+]1-c1cccc(C(C)(C)C)c1. The number of benzene rings is 7. The minimum atomic E-state index is -0.227. The summed E-state index contributed by atoms with van der Waals surface area (Å²) in [6, 6.07) is 62.9. The van der Waals surface area contributed by atoms with Crippen LogP contribution in [0.5, 0.6) is 11.5 Å². The maximum Gasteiger partial charge on any atom is 0.269 e. The quantitative estimate of drug-likeness (QED) is 0.0958. The molecule has 0 unspecified atom stereocenters. The Balaban J connectivity index is 1.13. The molecule has 0 amide bonds. The summed E-state index contributed by atoms with van der Waals surface area (Å²) in [7, 11) is 0. The zero-order valence-corrected chi connectivity index (χ0v) is 40.7. The van der Waals surface area contributed by atoms with Crippen LogP contribution >= 0.6 is 0 Å². The normalized spacial score (nSPS) is 12.2. The summed E-state index contributed by atoms with van der Waals surface area (Å²) in [6.45, 7) is 20.5. The van der Waals surface area contributed by atoms with Crippen LogP contribution < -0.4 is 9.30 Å². The summed E-state index contributed by atoms with van der Waals surface area (Å²) >= 11 is 0. The molecular weight excluding hydrogens is 829 g/mol. The molecule has 7 aromatic carbocycles. The van der Waals surface area contributed by atoms with E-state index in [1.54, 1.807) is 0 Å². The van der Waals surface area contributed by atoms with Gasteiger partial charge in [-0.25, -0.2) is 4.98 Å². The van der Waals surface area contributed by atoms with Crippen molar-refractivity contribution < 1.29 is 9.30 Å². The monoisotopic (exact) mass is 888 g/mol. The third-order valence-corrected chi connectivity index (χ3v) is 13.6. The highest BCUT2D eigenvalue weighted by Crippen LogP contribution is 2.40. The molecule has 5 nitrogen and oxygen atoms in total. The molecule has 68 heavy (non-hydrogen) atoms. The van der Waals surface area contributed by atoms with Crippen molar-refractivity contribution in [3.8, 4) is 51.1 Å². The molecule has 338 valence electrons. The molecule has 0 atom stereocenters. The van der Waals surface area contributed by atoms with Gasteiger partial charge in [-0.1, -0.05) is 172 Å². The largest absolute Gasteiger partial charge is 0.458 e. The van der Waals surface area contributed by atoms with Crippen LogP contribution in [0, 0.1) is 6.33 Å². The summed E-state index contributed by atoms with van der Waals surface area (Å²) < 4.78 is 13.7. The fraction of sp³-hybridized carbons (Fsp3) is 0.206. The second-order valence-electron chi connectivity index (χ2n) is 20.3. The Morgan fingerprint density at radius 2 is 1.21 bits per heavy atom. The standard InChI is InChI=1S/C63H60N4O/c1-42(2)53-27-19-28-54(43(3)4)61(53)59-40-65(41-66(59)49-25-18-24-47(36-49)62(5,6)7)50-34-45(44-20-12-10-13-21-44)35-52(38-50)68-51-30-31-56-55-26-16-17-29-57(55)67(58(56)39-51)60-37-48(32-33-64-60)63(8,9)46-22-14-11-15-23-46/h10-40,42-43H,1-9H3. The van der Waals surface area contributed by atoms with Crippen molar-refractivity contribution in [1.29, 1.82) is 0 Å². The van der Waals surface area contributed by atoms with E-state index >= 15 is 0 Å². The molecule has 0 fully saturated rings. The third-order valence-electron chi connectivity index (χ3n) is 13.6. The smallest absolute Gasteiger partial charge is 0.269 e. The lowest BCUT2D eigenvalue weighted by Crippen LogP contribution is -2.32. The van der Waals surface area contributed by atoms with Crippen molar-refractivity contribution >= 4 is 21.8 Å². The van der Waals surface area contributed by atoms with Gasteiger partial charge in [0.15, 0.2) is 0 Å². The number of imidazole rings is 1. The molecule has 3 aromatic heterocycles. The second-order valence-corrected chi connectivity index (χ2v) is 20.3. The van der Waals surface area contributed by atoms with Crippen LogP contribution in [0.25, 0.3) is 61.4 Å². The number of para-hydroxylation sites is 1. The average Bonchev–Trinajstić information content (AvgIpc) is 3.94. The number of ether oxygens (including phenoxy) is 1. The zero-order chi connectivity index (χ0) is 47.3. The van der Waals surface area contributed by atoms with Gasteiger partial charge < -0.3 is 4.74 Å². The van der Waals surface area contributed by atoms with Crippen LogP contribution in [0.15, 0.2) is 188 Å². The summed E-state index contributed by atoms with van der Waals surface area (Å²) in [5, 5.41) is 2.30. The molecule has 0 radical (unpaired) electrons. The molecule has 0 aliphatic carbocycles. The first kappa shape index (κ1) is 44.3. The number of nitrogens with zero attached hydrogens (tertiary/aromatic N) is 4. The molecule has 10 rings (SSSR count). The molecule has 0 bridgehead atoms. The van der Waals surface area contributed by atoms with Gasteiger partial charge in [0.05, 0.1) is 28.1 Å². The molecule has 10 aromatic rings. The van der Waals surface area contributed by atoms with Gasteiger partial charge >= 0.3 is 0 Å². The van der Waals surface area contributed by atoms with Crippen LogP contribution in [0.4, 0.5) is 0 Å². The highest BCUT2D eigenvalue weighted by molar-refractivity contribution is 6.09.